The molecule has 0 saturated carbocycles. The zero-order chi connectivity index (χ0) is 56.0. The standard InChI is InChI=1S/C65H60N4O/c1-43(2)56-40-62(66-41-57(56)45-23-13-10-14-24-45)69-58-30-16-15-27-54(58)55-34-33-51(39-61(55)69)70-50-26-19-25-49(38-50)67-42-68(60-32-18-17-31-59(60)67)63-52(44-21-11-9-12-22-44)28-20-29-53(63)46-35-47(64(3,4)5)37-48(36-46)65(6,7)8/h9-41,43H,42H2,1-8H3/i1D3,2D3,40D,41D,43D. The lowest BCUT2D eigenvalue weighted by Crippen LogP contribution is -2.25. The molecule has 0 fully saturated rings. The topological polar surface area (TPSA) is 33.5 Å². The molecule has 1 aliphatic heterocycles. The summed E-state index contributed by atoms with van der Waals surface area (Å²) in [6.07, 6.45) is -0.473. The first kappa shape index (κ1) is 35.3. The van der Waals surface area contributed by atoms with Gasteiger partial charge in [0.1, 0.15) is 24.0 Å². The fourth-order valence-corrected chi connectivity index (χ4v) is 9.76. The van der Waals surface area contributed by atoms with Gasteiger partial charge >= 0.3 is 0 Å². The van der Waals surface area contributed by atoms with Gasteiger partial charge in [0.2, 0.25) is 0 Å². The van der Waals surface area contributed by atoms with Gasteiger partial charge in [-0.2, -0.15) is 0 Å². The van der Waals surface area contributed by atoms with Crippen molar-refractivity contribution in [3.05, 3.63) is 217 Å². The average Bonchev–Trinajstić information content (AvgIpc) is 4.20. The van der Waals surface area contributed by atoms with Crippen LogP contribution >= 0.6 is 0 Å². The minimum absolute atomic E-state index is 0.0856. The first-order valence-corrected chi connectivity index (χ1v) is 23.8. The van der Waals surface area contributed by atoms with Crippen LogP contribution in [0.1, 0.15) is 90.2 Å². The van der Waals surface area contributed by atoms with Gasteiger partial charge in [-0.25, -0.2) is 4.98 Å². The zero-order valence-corrected chi connectivity index (χ0v) is 40.3. The van der Waals surface area contributed by atoms with Gasteiger partial charge < -0.3 is 14.5 Å². The van der Waals surface area contributed by atoms with Gasteiger partial charge in [0, 0.05) is 61.1 Å². The van der Waals surface area contributed by atoms with E-state index in [1.807, 2.05) is 60.7 Å². The Morgan fingerprint density at radius 3 is 1.81 bits per heavy atom. The highest BCUT2D eigenvalue weighted by molar-refractivity contribution is 6.09. The number of pyridine rings is 1. The van der Waals surface area contributed by atoms with Crippen molar-refractivity contribution < 1.29 is 17.1 Å². The van der Waals surface area contributed by atoms with Gasteiger partial charge in [-0.3, -0.25) is 4.57 Å². The van der Waals surface area contributed by atoms with Crippen molar-refractivity contribution in [1.82, 2.24) is 9.55 Å². The van der Waals surface area contributed by atoms with Gasteiger partial charge in [0.05, 0.1) is 30.8 Å². The van der Waals surface area contributed by atoms with Crippen LogP contribution in [0.2, 0.25) is 0 Å². The summed E-state index contributed by atoms with van der Waals surface area (Å²) in [6, 6.07) is 61.3. The molecular formula is C65H60N4O. The first-order chi connectivity index (χ1) is 37.4. The molecule has 70 heavy (non-hydrogen) atoms. The molecule has 346 valence electrons. The van der Waals surface area contributed by atoms with Crippen LogP contribution in [0.5, 0.6) is 11.5 Å². The number of fused-ring (bicyclic) bond motifs is 4. The third kappa shape index (κ3) is 8.19. The van der Waals surface area contributed by atoms with Crippen molar-refractivity contribution in [2.45, 2.75) is 72.0 Å². The second-order valence-electron chi connectivity index (χ2n) is 20.1. The molecule has 8 aromatic carbocycles. The summed E-state index contributed by atoms with van der Waals surface area (Å²) in [4.78, 5) is 9.37. The summed E-state index contributed by atoms with van der Waals surface area (Å²) < 4.78 is 88.1. The maximum Gasteiger partial charge on any atom is 0.137 e. The quantitative estimate of drug-likeness (QED) is 0.144. The number of hydrogen-bond acceptors (Lipinski definition) is 4. The number of rotatable bonds is 9. The van der Waals surface area contributed by atoms with Crippen molar-refractivity contribution in [2.75, 3.05) is 16.5 Å². The molecule has 5 nitrogen and oxygen atoms in total. The van der Waals surface area contributed by atoms with Crippen molar-refractivity contribution in [3.8, 4) is 50.7 Å². The van der Waals surface area contributed by atoms with E-state index in [1.54, 1.807) is 41.0 Å². The Morgan fingerprint density at radius 1 is 0.543 bits per heavy atom. The predicted octanol–water partition coefficient (Wildman–Crippen LogP) is 17.9. The largest absolute Gasteiger partial charge is 0.457 e. The Balaban J connectivity index is 1.02. The first-order valence-electron chi connectivity index (χ1n) is 28.3. The molecule has 0 radical (unpaired) electrons. The summed E-state index contributed by atoms with van der Waals surface area (Å²) in [5.41, 5.74) is 11.5. The van der Waals surface area contributed by atoms with Crippen molar-refractivity contribution in [3.63, 3.8) is 0 Å². The van der Waals surface area contributed by atoms with E-state index in [4.69, 9.17) is 13.0 Å². The van der Waals surface area contributed by atoms with Gasteiger partial charge in [-0.05, 0) is 98.6 Å². The third-order valence-electron chi connectivity index (χ3n) is 13.4. The molecular weight excluding hydrogens is 853 g/mol. The Bertz CT molecular complexity index is 3920. The summed E-state index contributed by atoms with van der Waals surface area (Å²) in [7, 11) is 0. The molecule has 0 saturated heterocycles. The maximum absolute atomic E-state index is 9.78. The van der Waals surface area contributed by atoms with Crippen LogP contribution in [0, 0.1) is 0 Å². The highest BCUT2D eigenvalue weighted by atomic mass is 16.5. The molecule has 0 atom stereocenters. The Morgan fingerprint density at radius 2 is 1.13 bits per heavy atom. The predicted molar refractivity (Wildman–Crippen MR) is 295 cm³/mol. The lowest BCUT2D eigenvalue weighted by atomic mass is 9.78. The molecule has 3 heterocycles. The smallest absolute Gasteiger partial charge is 0.137 e. The van der Waals surface area contributed by atoms with E-state index in [-0.39, 0.29) is 27.8 Å². The maximum atomic E-state index is 9.78. The number of benzene rings is 8. The molecule has 0 aliphatic carbocycles. The molecule has 0 unspecified atom stereocenters. The normalized spacial score (nSPS) is 15.3. The Hall–Kier alpha value is -7.89. The molecule has 5 heteroatoms. The van der Waals surface area contributed by atoms with E-state index < -0.39 is 37.4 Å². The number of anilines is 4. The molecule has 0 N–H and O–H groups in total. The summed E-state index contributed by atoms with van der Waals surface area (Å²) in [5, 5.41) is 1.51. The van der Waals surface area contributed by atoms with E-state index in [1.165, 1.54) is 11.1 Å². The minimum Gasteiger partial charge on any atom is -0.457 e. The molecule has 10 aromatic rings. The Kier molecular flexibility index (Phi) is 8.85. The van der Waals surface area contributed by atoms with Crippen molar-refractivity contribution >= 4 is 44.6 Å². The van der Waals surface area contributed by atoms with Crippen molar-refractivity contribution in [2.24, 2.45) is 0 Å². The summed E-state index contributed by atoms with van der Waals surface area (Å²) in [6.45, 7) is 7.22. The fraction of sp³-hybridized carbons (Fsp3) is 0.185. The SMILES string of the molecule is [2H]c1nc(-n2c3ccccc3c3ccc(Oc4cccc(N5CN(c6c(-c7ccccc7)cccc6-c6cc(C(C)(C)C)cc(C(C)(C)C)c6)c6ccccc65)c4)cc32)c([2H])c(C([2H])(C([2H])([2H])[2H])C([2H])([2H])[2H])c1-c1ccccc1. The molecule has 0 spiro atoms. The van der Waals surface area contributed by atoms with Crippen LogP contribution in [-0.4, -0.2) is 16.2 Å². The van der Waals surface area contributed by atoms with Crippen molar-refractivity contribution in [1.29, 1.82) is 0 Å². The zero-order valence-electron chi connectivity index (χ0n) is 49.3. The van der Waals surface area contributed by atoms with E-state index in [9.17, 15) is 4.11 Å². The fourth-order valence-electron chi connectivity index (χ4n) is 9.76. The third-order valence-corrected chi connectivity index (χ3v) is 13.4. The molecule has 0 bridgehead atoms. The van der Waals surface area contributed by atoms with Crippen LogP contribution in [0.25, 0.3) is 61.0 Å². The lowest BCUT2D eigenvalue weighted by molar-refractivity contribution is 0.483. The summed E-state index contributed by atoms with van der Waals surface area (Å²) >= 11 is 0. The number of aromatic nitrogens is 2. The van der Waals surface area contributed by atoms with Gasteiger partial charge in [-0.1, -0.05) is 189 Å². The van der Waals surface area contributed by atoms with Gasteiger partial charge in [-0.15, -0.1) is 0 Å². The van der Waals surface area contributed by atoms with E-state index in [0.717, 1.165) is 55.8 Å². The minimum atomic E-state index is -3.45. The highest BCUT2D eigenvalue weighted by Gasteiger charge is 2.32. The second kappa shape index (κ2) is 17.6. The number of para-hydroxylation sites is 4. The van der Waals surface area contributed by atoms with Crippen LogP contribution in [0.4, 0.5) is 22.7 Å². The van der Waals surface area contributed by atoms with Crippen LogP contribution in [0.3, 0.4) is 0 Å². The molecule has 2 aromatic heterocycles. The molecule has 0 amide bonds. The van der Waals surface area contributed by atoms with Crippen LogP contribution in [0.15, 0.2) is 200 Å². The highest BCUT2D eigenvalue weighted by Crippen LogP contribution is 2.51. The second-order valence-corrected chi connectivity index (χ2v) is 20.1. The monoisotopic (exact) mass is 922 g/mol. The van der Waals surface area contributed by atoms with E-state index in [2.05, 4.69) is 147 Å². The Labute approximate surface area is 425 Å². The lowest BCUT2D eigenvalue weighted by Gasteiger charge is -2.29. The van der Waals surface area contributed by atoms with Crippen LogP contribution < -0.4 is 14.5 Å². The number of ether oxygens (including phenoxy) is 1. The van der Waals surface area contributed by atoms with Gasteiger partial charge in [0.15, 0.2) is 0 Å². The molecule has 1 aliphatic rings. The number of hydrogen-bond donors (Lipinski definition) is 0. The average molecular weight is 922 g/mol. The van der Waals surface area contributed by atoms with E-state index >= 15 is 0 Å². The van der Waals surface area contributed by atoms with Crippen LogP contribution in [-0.2, 0) is 10.8 Å². The van der Waals surface area contributed by atoms with E-state index in [0.29, 0.717) is 29.2 Å². The summed E-state index contributed by atoms with van der Waals surface area (Å²) in [5.74, 6) is -2.53. The molecule has 11 rings (SSSR count). The van der Waals surface area contributed by atoms with Gasteiger partial charge in [0.25, 0.3) is 0 Å². The number of nitrogens with zero attached hydrogens (tertiary/aromatic N) is 4.